The summed E-state index contributed by atoms with van der Waals surface area (Å²) in [6.45, 7) is 4.38. The Bertz CT molecular complexity index is 656. The van der Waals surface area contributed by atoms with E-state index in [1.807, 2.05) is 0 Å². The minimum absolute atomic E-state index is 0.116. The minimum atomic E-state index is -0.993. The fourth-order valence-electron chi connectivity index (χ4n) is 6.79. The first-order valence-electron chi connectivity index (χ1n) is 10.1. The second-order valence-corrected chi connectivity index (χ2v) is 9.39. The van der Waals surface area contributed by atoms with E-state index in [4.69, 9.17) is 9.94 Å². The molecule has 3 fully saturated rings. The molecule has 0 radical (unpaired) electrons. The number of hydrogen-bond acceptors (Lipinski definition) is 4. The van der Waals surface area contributed by atoms with E-state index in [0.717, 1.165) is 43.7 Å². The maximum atomic E-state index is 10.6. The van der Waals surface area contributed by atoms with Gasteiger partial charge in [0, 0.05) is 0 Å². The van der Waals surface area contributed by atoms with Crippen LogP contribution in [0.25, 0.3) is 0 Å². The van der Waals surface area contributed by atoms with Gasteiger partial charge in [0.05, 0.1) is 11.8 Å². The number of allylic oxidation sites excluding steroid dienone is 2. The number of carboxylic acid groups (broad SMARTS) is 1. The Morgan fingerprint density at radius 3 is 2.77 bits per heavy atom. The number of carboxylic acids is 1. The average molecular weight is 361 g/mol. The fraction of sp³-hybridized carbons (Fsp3) is 0.810. The largest absolute Gasteiger partial charge is 0.479 e. The molecular weight excluding hydrogens is 330 g/mol. The second-order valence-electron chi connectivity index (χ2n) is 9.39. The normalized spacial score (nSPS) is 46.1. The Kier molecular flexibility index (Phi) is 4.41. The van der Waals surface area contributed by atoms with Crippen molar-refractivity contribution in [3.05, 3.63) is 11.6 Å². The van der Waals surface area contributed by atoms with Gasteiger partial charge in [-0.25, -0.2) is 4.79 Å². The SMILES string of the molecule is C[C@]12CC[C@@H]3[C@H](CCC4=C/C(=N/OCC(=O)O)CC[C@@]43C)[C@H]1CC[C@H]2O. The molecule has 0 aromatic carbocycles. The Morgan fingerprint density at radius 2 is 2.00 bits per heavy atom. The van der Waals surface area contributed by atoms with Crippen molar-refractivity contribution in [2.75, 3.05) is 6.61 Å². The van der Waals surface area contributed by atoms with Crippen LogP contribution in [0.15, 0.2) is 16.8 Å². The second kappa shape index (κ2) is 6.36. The molecule has 4 rings (SSSR count). The summed E-state index contributed by atoms with van der Waals surface area (Å²) in [6.07, 6.45) is 10.8. The van der Waals surface area contributed by atoms with Gasteiger partial charge >= 0.3 is 5.97 Å². The van der Waals surface area contributed by atoms with Crippen LogP contribution in [0.5, 0.6) is 0 Å². The molecule has 6 atom stereocenters. The van der Waals surface area contributed by atoms with Crippen LogP contribution in [0.2, 0.25) is 0 Å². The highest BCUT2D eigenvalue weighted by molar-refractivity contribution is 5.96. The first-order chi connectivity index (χ1) is 12.3. The fourth-order valence-corrected chi connectivity index (χ4v) is 6.79. The molecule has 3 saturated carbocycles. The number of aliphatic hydroxyl groups excluding tert-OH is 1. The van der Waals surface area contributed by atoms with Crippen molar-refractivity contribution in [2.45, 2.75) is 71.3 Å². The van der Waals surface area contributed by atoms with E-state index in [9.17, 15) is 9.90 Å². The van der Waals surface area contributed by atoms with Gasteiger partial charge < -0.3 is 15.1 Å². The maximum absolute atomic E-state index is 10.6. The highest BCUT2D eigenvalue weighted by Gasteiger charge is 2.58. The zero-order valence-corrected chi connectivity index (χ0v) is 15.9. The zero-order chi connectivity index (χ0) is 18.5. The third-order valence-corrected chi connectivity index (χ3v) is 8.30. The quantitative estimate of drug-likeness (QED) is 0.750. The van der Waals surface area contributed by atoms with Crippen molar-refractivity contribution in [3.63, 3.8) is 0 Å². The van der Waals surface area contributed by atoms with Gasteiger partial charge in [0.25, 0.3) is 0 Å². The number of hydrogen-bond donors (Lipinski definition) is 2. The van der Waals surface area contributed by atoms with Gasteiger partial charge in [-0.15, -0.1) is 0 Å². The third kappa shape index (κ3) is 2.70. The van der Waals surface area contributed by atoms with Crippen LogP contribution in [0.1, 0.15) is 65.2 Å². The van der Waals surface area contributed by atoms with Gasteiger partial charge in [-0.1, -0.05) is 24.6 Å². The van der Waals surface area contributed by atoms with Crippen LogP contribution in [0.3, 0.4) is 0 Å². The summed E-state index contributed by atoms with van der Waals surface area (Å²) >= 11 is 0. The molecule has 0 unspecified atom stereocenters. The lowest BCUT2D eigenvalue weighted by atomic mass is 9.47. The van der Waals surface area contributed by atoms with E-state index in [1.165, 1.54) is 24.8 Å². The Hall–Kier alpha value is -1.36. The first kappa shape index (κ1) is 18.0. The number of nitrogens with zero attached hydrogens (tertiary/aromatic N) is 1. The van der Waals surface area contributed by atoms with Crippen molar-refractivity contribution in [1.29, 1.82) is 0 Å². The van der Waals surface area contributed by atoms with Gasteiger partial charge in [-0.05, 0) is 86.0 Å². The zero-order valence-electron chi connectivity index (χ0n) is 15.9. The predicted octanol–water partition coefficient (Wildman–Crippen LogP) is 3.77. The van der Waals surface area contributed by atoms with E-state index in [2.05, 4.69) is 25.1 Å². The molecule has 144 valence electrons. The third-order valence-electron chi connectivity index (χ3n) is 8.30. The van der Waals surface area contributed by atoms with Crippen molar-refractivity contribution >= 4 is 11.7 Å². The molecule has 0 aromatic heterocycles. The van der Waals surface area contributed by atoms with E-state index in [-0.39, 0.29) is 23.5 Å². The topological polar surface area (TPSA) is 79.1 Å². The van der Waals surface area contributed by atoms with Crippen molar-refractivity contribution in [3.8, 4) is 0 Å². The summed E-state index contributed by atoms with van der Waals surface area (Å²) in [4.78, 5) is 15.5. The van der Waals surface area contributed by atoms with E-state index < -0.39 is 5.97 Å². The molecule has 5 heteroatoms. The summed E-state index contributed by atoms with van der Waals surface area (Å²) in [5.41, 5.74) is 2.72. The van der Waals surface area contributed by atoms with Crippen LogP contribution in [-0.2, 0) is 9.63 Å². The molecule has 2 N–H and O–H groups in total. The highest BCUT2D eigenvalue weighted by Crippen LogP contribution is 2.65. The van der Waals surface area contributed by atoms with Crippen LogP contribution in [0, 0.1) is 28.6 Å². The summed E-state index contributed by atoms with van der Waals surface area (Å²) in [5, 5.41) is 23.3. The molecule has 0 aromatic rings. The van der Waals surface area contributed by atoms with Crippen LogP contribution < -0.4 is 0 Å². The lowest BCUT2D eigenvalue weighted by Gasteiger charge is -2.57. The van der Waals surface area contributed by atoms with Gasteiger partial charge in [-0.3, -0.25) is 0 Å². The molecule has 0 heterocycles. The number of carbonyl (C=O) groups is 1. The van der Waals surface area contributed by atoms with Gasteiger partial charge in [0.15, 0.2) is 0 Å². The molecule has 0 amide bonds. The number of aliphatic carboxylic acids is 1. The van der Waals surface area contributed by atoms with Crippen LogP contribution in [-0.4, -0.2) is 34.6 Å². The van der Waals surface area contributed by atoms with Crippen LogP contribution >= 0.6 is 0 Å². The standard InChI is InChI=1S/C21H31NO4/c1-20-9-7-14(22-26-12-19(24)25)11-13(20)3-4-15-16-5-6-18(23)21(16,2)10-8-17(15)20/h11,15-18,23H,3-10,12H2,1-2H3,(H,24,25)/b22-14+/t15-,16-,17-,18-,20+,21+/m1/s1. The lowest BCUT2D eigenvalue weighted by Crippen LogP contribution is -2.51. The number of aliphatic hydroxyl groups is 1. The molecule has 0 bridgehead atoms. The monoisotopic (exact) mass is 361 g/mol. The van der Waals surface area contributed by atoms with Crippen molar-refractivity contribution in [1.82, 2.24) is 0 Å². The molecule has 0 spiro atoms. The summed E-state index contributed by atoms with van der Waals surface area (Å²) < 4.78 is 0. The van der Waals surface area contributed by atoms with Crippen LogP contribution in [0.4, 0.5) is 0 Å². The number of rotatable bonds is 3. The molecule has 4 aliphatic rings. The van der Waals surface area contributed by atoms with Crippen molar-refractivity contribution in [2.24, 2.45) is 33.7 Å². The predicted molar refractivity (Wildman–Crippen MR) is 98.7 cm³/mol. The first-order valence-corrected chi connectivity index (χ1v) is 10.1. The summed E-state index contributed by atoms with van der Waals surface area (Å²) in [6, 6.07) is 0. The molecule has 0 saturated heterocycles. The molecular formula is C21H31NO4. The highest BCUT2D eigenvalue weighted by atomic mass is 16.6. The van der Waals surface area contributed by atoms with Gasteiger partial charge in [-0.2, -0.15) is 0 Å². The van der Waals surface area contributed by atoms with E-state index >= 15 is 0 Å². The van der Waals surface area contributed by atoms with Crippen molar-refractivity contribution < 1.29 is 19.8 Å². The van der Waals surface area contributed by atoms with Gasteiger partial charge in [0.2, 0.25) is 6.61 Å². The molecule has 26 heavy (non-hydrogen) atoms. The molecule has 5 nitrogen and oxygen atoms in total. The van der Waals surface area contributed by atoms with E-state index in [1.54, 1.807) is 0 Å². The number of fused-ring (bicyclic) bond motifs is 5. The average Bonchev–Trinajstić information content (AvgIpc) is 2.90. The molecule has 0 aliphatic heterocycles. The smallest absolute Gasteiger partial charge is 0.344 e. The minimum Gasteiger partial charge on any atom is -0.479 e. The number of oxime groups is 1. The van der Waals surface area contributed by atoms with E-state index in [0.29, 0.717) is 11.8 Å². The van der Waals surface area contributed by atoms with Gasteiger partial charge in [0.1, 0.15) is 0 Å². The summed E-state index contributed by atoms with van der Waals surface area (Å²) in [7, 11) is 0. The summed E-state index contributed by atoms with van der Waals surface area (Å²) in [5.74, 6) is 1.11. The Balaban J connectivity index is 1.55. The Morgan fingerprint density at radius 1 is 1.19 bits per heavy atom. The molecule has 4 aliphatic carbocycles. The lowest BCUT2D eigenvalue weighted by molar-refractivity contribution is -0.142. The Labute approximate surface area is 155 Å². The maximum Gasteiger partial charge on any atom is 0.344 e.